The number of hydrogen-bond acceptors (Lipinski definition) is 19. The second kappa shape index (κ2) is 42.5. The molecule has 110 heavy (non-hydrogen) atoms. The SMILES string of the molecule is CC[C@H](C)[C@@H]([C@@H](CC(=O)N1CCC[C@H]1[C@H](OC)[C@@H](C)C(=O)NCCc1c(F)cccc1F)OC)N(C)C(=O)[C@@H](NC(=O)[C@H](C(C)C)N(C)C(=O)OCc1ccc(NC(=O)[C@H](CCCNC(N)=O)NC(=O)[C@@H](NC(=O)CCCCCN2C(=O)CC(SCC3(CC(=O)ON4C(=O)CCC4=O)CC3)C2=O)C(C)C)cc1)C(C)C. The van der Waals surface area contributed by atoms with Crippen molar-refractivity contribution in [2.45, 2.75) is 232 Å². The van der Waals surface area contributed by atoms with Crippen molar-refractivity contribution in [1.82, 2.24) is 51.2 Å². The number of nitrogens with two attached hydrogens (primary N) is 1. The lowest BCUT2D eigenvalue weighted by Crippen LogP contribution is -2.60. The van der Waals surface area contributed by atoms with Gasteiger partial charge in [0.2, 0.25) is 53.2 Å². The summed E-state index contributed by atoms with van der Waals surface area (Å²) in [7, 11) is 5.94. The van der Waals surface area contributed by atoms with E-state index in [1.54, 1.807) is 84.7 Å². The number of hydroxylamine groups is 2. The molecule has 0 aromatic heterocycles. The zero-order valence-corrected chi connectivity index (χ0v) is 66.5. The van der Waals surface area contributed by atoms with Gasteiger partial charge in [-0.05, 0) is 117 Å². The lowest BCUT2D eigenvalue weighted by molar-refractivity contribution is -0.198. The molecule has 3 heterocycles. The largest absolute Gasteiger partial charge is 0.445 e. The van der Waals surface area contributed by atoms with Crippen LogP contribution in [0.25, 0.3) is 0 Å². The highest BCUT2D eigenvalue weighted by Crippen LogP contribution is 2.52. The van der Waals surface area contributed by atoms with Crippen LogP contribution in [0.4, 0.5) is 24.1 Å². The number of thioether (sulfide) groups is 1. The Bertz CT molecular complexity index is 3550. The quantitative estimate of drug-likeness (QED) is 0.0287. The first-order chi connectivity index (χ1) is 52.1. The highest BCUT2D eigenvalue weighted by molar-refractivity contribution is 8.00. The minimum absolute atomic E-state index is 0.00255. The van der Waals surface area contributed by atoms with Gasteiger partial charge in [-0.2, -0.15) is 0 Å². The third-order valence-corrected chi connectivity index (χ3v) is 22.6. The third-order valence-electron chi connectivity index (χ3n) is 21.0. The van der Waals surface area contributed by atoms with Crippen LogP contribution in [-0.4, -0.2) is 222 Å². The average Bonchev–Trinajstić information content (AvgIpc) is 1.60. The van der Waals surface area contributed by atoms with Gasteiger partial charge in [0.25, 0.3) is 11.8 Å². The number of primary amides is 1. The standard InChI is InChI=1S/C77H114F2N12O18S/c1-14-47(8)67(56(106-12)39-61(95)89-38-20-24-55(89)68(107-13)48(9)69(98)81-36-32-51-52(78)21-18-22-53(51)79)87(10)74(103)65(45(4)5)86-72(101)66(46(6)7)88(11)76(105)108-42-49-26-28-50(29-27-49)83-70(99)54(23-19-35-82-75(80)104)84-71(100)64(44(2)3)85-58(92)25-16-15-17-37-90-62(96)40-57(73(90)102)110-43-77(33-34-77)41-63(97)109-91-59(93)30-31-60(91)94/h18,21-22,26-29,44-48,54-57,64-68H,14-17,19-20,23-25,30-43H2,1-13H3,(H,81,98)(H,83,99)(H,84,100)(H,85,92)(H,86,101)(H3,80,82,104)/t47-,48+,54-,55-,56+,57?,64-,65-,66-,67-,68+/m0/s1. The molecule has 2 aromatic carbocycles. The number of anilines is 1. The summed E-state index contributed by atoms with van der Waals surface area (Å²) in [6, 6.07) is 3.47. The van der Waals surface area contributed by atoms with E-state index in [1.165, 1.54) is 48.9 Å². The van der Waals surface area contributed by atoms with Gasteiger partial charge in [-0.1, -0.05) is 93.4 Å². The number of benzene rings is 2. The summed E-state index contributed by atoms with van der Waals surface area (Å²) >= 11 is 1.30. The fraction of sp³-hybridized carbons (Fsp3) is 0.662. The van der Waals surface area contributed by atoms with Crippen LogP contribution in [-0.2, 0) is 89.6 Å². The van der Waals surface area contributed by atoms with E-state index in [2.05, 4.69) is 31.9 Å². The molecule has 0 spiro atoms. The fourth-order valence-corrected chi connectivity index (χ4v) is 15.7. The molecule has 11 atom stereocenters. The average molecular weight is 1570 g/mol. The molecule has 1 saturated carbocycles. The molecule has 3 aliphatic heterocycles. The van der Waals surface area contributed by atoms with E-state index in [4.69, 9.17) is 24.8 Å². The Morgan fingerprint density at radius 3 is 1.97 bits per heavy atom. The van der Waals surface area contributed by atoms with Gasteiger partial charge in [-0.3, -0.25) is 62.5 Å². The molecule has 2 aromatic rings. The minimum Gasteiger partial charge on any atom is -0.445 e. The van der Waals surface area contributed by atoms with Crippen molar-refractivity contribution in [2.75, 3.05) is 65.6 Å². The van der Waals surface area contributed by atoms with E-state index in [0.29, 0.717) is 80.0 Å². The van der Waals surface area contributed by atoms with E-state index in [9.17, 15) is 75.9 Å². The molecule has 6 rings (SSSR count). The van der Waals surface area contributed by atoms with Crippen LogP contribution in [0.2, 0.25) is 0 Å². The first-order valence-corrected chi connectivity index (χ1v) is 39.2. The second-order valence-electron chi connectivity index (χ2n) is 30.3. The topological polar surface area (TPSA) is 390 Å². The Labute approximate surface area is 647 Å². The maximum Gasteiger partial charge on any atom is 0.410 e. The number of halogens is 2. The summed E-state index contributed by atoms with van der Waals surface area (Å²) in [5.74, 6) is -9.33. The van der Waals surface area contributed by atoms with Crippen LogP contribution in [0.5, 0.6) is 0 Å². The van der Waals surface area contributed by atoms with Crippen molar-refractivity contribution in [2.24, 2.45) is 40.7 Å². The zero-order valence-electron chi connectivity index (χ0n) is 65.7. The van der Waals surface area contributed by atoms with Gasteiger partial charge in [0, 0.05) is 97.2 Å². The summed E-state index contributed by atoms with van der Waals surface area (Å²) in [6.07, 6.45) is 1.99. The maximum atomic E-state index is 14.8. The first-order valence-electron chi connectivity index (χ1n) is 38.1. The number of urea groups is 1. The van der Waals surface area contributed by atoms with Crippen molar-refractivity contribution in [1.29, 1.82) is 0 Å². The van der Waals surface area contributed by atoms with Crippen LogP contribution < -0.4 is 37.6 Å². The molecule has 0 bridgehead atoms. The lowest BCUT2D eigenvalue weighted by Gasteiger charge is -2.41. The first kappa shape index (κ1) is 90.0. The molecule has 3 saturated heterocycles. The molecule has 14 amide bonds. The number of likely N-dealkylation sites (N-methyl/N-ethyl adjacent to an activating group) is 2. The number of likely N-dealkylation sites (tertiary alicyclic amines) is 2. The van der Waals surface area contributed by atoms with Gasteiger partial charge in [0.05, 0.1) is 48.3 Å². The van der Waals surface area contributed by atoms with Crippen molar-refractivity contribution in [3.05, 3.63) is 65.2 Å². The Morgan fingerprint density at radius 2 is 1.38 bits per heavy atom. The maximum absolute atomic E-state index is 14.8. The number of rotatable bonds is 44. The number of imide groups is 2. The number of nitrogens with one attached hydrogen (secondary N) is 6. The van der Waals surface area contributed by atoms with Gasteiger partial charge in [0.1, 0.15) is 42.4 Å². The van der Waals surface area contributed by atoms with Crippen LogP contribution in [0.3, 0.4) is 0 Å². The van der Waals surface area contributed by atoms with Gasteiger partial charge in [0.15, 0.2) is 0 Å². The summed E-state index contributed by atoms with van der Waals surface area (Å²) in [5, 5.41) is 16.3. The molecule has 0 radical (unpaired) electrons. The fourth-order valence-electron chi connectivity index (χ4n) is 14.2. The normalized spacial score (nSPS) is 18.5. The number of nitrogens with zero attached hydrogens (tertiary/aromatic N) is 5. The van der Waals surface area contributed by atoms with Crippen LogP contribution in [0, 0.1) is 46.6 Å². The van der Waals surface area contributed by atoms with Crippen LogP contribution in [0.15, 0.2) is 42.5 Å². The molecule has 30 nitrogen and oxygen atoms in total. The third kappa shape index (κ3) is 25.3. The molecule has 4 fully saturated rings. The Morgan fingerprint density at radius 1 is 0.727 bits per heavy atom. The monoisotopic (exact) mass is 1560 g/mol. The molecule has 4 aliphatic rings. The molecule has 1 unspecified atom stereocenters. The Hall–Kier alpha value is -8.85. The van der Waals surface area contributed by atoms with Gasteiger partial charge in [-0.25, -0.2) is 23.2 Å². The Kier molecular flexibility index (Phi) is 34.8. The Balaban J connectivity index is 0.976. The van der Waals surface area contributed by atoms with Crippen molar-refractivity contribution in [3.63, 3.8) is 0 Å². The van der Waals surface area contributed by atoms with E-state index in [-0.39, 0.29) is 113 Å². The molecule has 610 valence electrons. The van der Waals surface area contributed by atoms with Crippen molar-refractivity contribution in [3.8, 4) is 0 Å². The van der Waals surface area contributed by atoms with Crippen molar-refractivity contribution >= 4 is 101 Å². The number of methoxy groups -OCH3 is 2. The molecule has 1 aliphatic carbocycles. The number of carbonyl (C=O) groups is 14. The number of unbranched alkanes of at least 4 members (excludes halogenated alkanes) is 2. The van der Waals surface area contributed by atoms with Crippen molar-refractivity contribution < 1.29 is 95.0 Å². The summed E-state index contributed by atoms with van der Waals surface area (Å²) < 4.78 is 46.3. The number of carbonyl (C=O) groups excluding carboxylic acids is 14. The molecular weight excluding hydrogens is 1450 g/mol. The molecule has 33 heteroatoms. The lowest BCUT2D eigenvalue weighted by atomic mass is 9.89. The predicted octanol–water partition coefficient (Wildman–Crippen LogP) is 6.19. The van der Waals surface area contributed by atoms with E-state index in [0.717, 1.165) is 17.0 Å². The minimum atomic E-state index is -1.16. The molecule has 8 N–H and O–H groups in total. The summed E-state index contributed by atoms with van der Waals surface area (Å²) in [5.41, 5.74) is 5.48. The molecular formula is C77H114F2N12O18S. The number of ether oxygens (including phenoxy) is 3. The number of amides is 14. The summed E-state index contributed by atoms with van der Waals surface area (Å²) in [6.45, 7) is 16.4. The highest BCUT2D eigenvalue weighted by Gasteiger charge is 2.49. The zero-order chi connectivity index (χ0) is 81.4. The number of hydrogen-bond donors (Lipinski definition) is 7. The highest BCUT2D eigenvalue weighted by atomic mass is 32.2. The van der Waals surface area contributed by atoms with Gasteiger partial charge >= 0.3 is 18.1 Å². The smallest absolute Gasteiger partial charge is 0.410 e. The van der Waals surface area contributed by atoms with Gasteiger partial charge in [-0.15, -0.1) is 16.8 Å². The van der Waals surface area contributed by atoms with Crippen LogP contribution >= 0.6 is 11.8 Å². The van der Waals surface area contributed by atoms with Gasteiger partial charge < -0.3 is 66.5 Å². The second-order valence-corrected chi connectivity index (χ2v) is 31.5. The van der Waals surface area contributed by atoms with E-state index >= 15 is 0 Å². The summed E-state index contributed by atoms with van der Waals surface area (Å²) in [4.78, 5) is 197. The van der Waals surface area contributed by atoms with Crippen LogP contribution in [0.1, 0.15) is 176 Å². The predicted molar refractivity (Wildman–Crippen MR) is 403 cm³/mol. The van der Waals surface area contributed by atoms with E-state index < -0.39 is 160 Å². The van der Waals surface area contributed by atoms with E-state index in [1.807, 2.05) is 13.8 Å².